The summed E-state index contributed by atoms with van der Waals surface area (Å²) in [7, 11) is 0. The number of hydrogen-bond donors (Lipinski definition) is 1. The topological polar surface area (TPSA) is 41.6 Å². The van der Waals surface area contributed by atoms with Crippen LogP contribution in [0.3, 0.4) is 0 Å². The van der Waals surface area contributed by atoms with Crippen LogP contribution in [0.4, 0.5) is 5.69 Å². The average Bonchev–Trinajstić information content (AvgIpc) is 2.95. The molecule has 1 aliphatic heterocycles. The van der Waals surface area contributed by atoms with Crippen LogP contribution < -0.4 is 10.6 Å². The first kappa shape index (κ1) is 13.1. The van der Waals surface area contributed by atoms with Crippen molar-refractivity contribution in [2.75, 3.05) is 11.4 Å². The van der Waals surface area contributed by atoms with Gasteiger partial charge in [0.2, 0.25) is 0 Å². The molecule has 0 saturated carbocycles. The lowest BCUT2D eigenvalue weighted by atomic mass is 10.2. The van der Waals surface area contributed by atoms with Gasteiger partial charge < -0.3 is 10.6 Å². The van der Waals surface area contributed by atoms with Crippen molar-refractivity contribution in [3.05, 3.63) is 49.5 Å². The van der Waals surface area contributed by atoms with E-state index in [1.807, 2.05) is 18.2 Å². The second-order valence-electron chi connectivity index (χ2n) is 4.19. The van der Waals surface area contributed by atoms with Gasteiger partial charge in [-0.25, -0.2) is 0 Å². The number of para-hydroxylation sites is 1. The Morgan fingerprint density at radius 3 is 2.63 bits per heavy atom. The maximum atomic E-state index is 6.04. The number of nitrogens with two attached hydrogens (primary N) is 1. The summed E-state index contributed by atoms with van der Waals surface area (Å²) in [5.41, 5.74) is 7.12. The van der Waals surface area contributed by atoms with Crippen molar-refractivity contribution in [1.82, 2.24) is 0 Å². The van der Waals surface area contributed by atoms with Gasteiger partial charge >= 0.3 is 0 Å². The van der Waals surface area contributed by atoms with Gasteiger partial charge in [-0.15, -0.1) is 11.3 Å². The lowest BCUT2D eigenvalue weighted by Crippen LogP contribution is -2.35. The summed E-state index contributed by atoms with van der Waals surface area (Å²) in [5.74, 6) is 0.580. The maximum absolute atomic E-state index is 6.04. The molecule has 6 heteroatoms. The fraction of sp³-hybridized carbons (Fsp3) is 0.154. The SMILES string of the molecule is NC1=NCC(c2cc(Br)c(Br)s2)N1c1ccccc1. The second kappa shape index (κ2) is 5.26. The highest BCUT2D eigenvalue weighted by atomic mass is 79.9. The molecule has 2 N–H and O–H groups in total. The van der Waals surface area contributed by atoms with Gasteiger partial charge in [0.05, 0.1) is 16.4 Å². The summed E-state index contributed by atoms with van der Waals surface area (Å²) in [6.45, 7) is 0.695. The summed E-state index contributed by atoms with van der Waals surface area (Å²) in [6, 6.07) is 12.4. The van der Waals surface area contributed by atoms with Crippen LogP contribution in [0, 0.1) is 0 Å². The van der Waals surface area contributed by atoms with Gasteiger partial charge in [0.1, 0.15) is 0 Å². The van der Waals surface area contributed by atoms with Crippen LogP contribution >= 0.6 is 43.2 Å². The summed E-state index contributed by atoms with van der Waals surface area (Å²) < 4.78 is 2.17. The molecule has 19 heavy (non-hydrogen) atoms. The highest BCUT2D eigenvalue weighted by molar-refractivity contribution is 9.13. The molecule has 0 radical (unpaired) electrons. The lowest BCUT2D eigenvalue weighted by molar-refractivity contribution is 0.784. The van der Waals surface area contributed by atoms with Crippen molar-refractivity contribution in [2.24, 2.45) is 10.7 Å². The number of aliphatic imine (C=N–C) groups is 1. The Hall–Kier alpha value is -0.850. The molecule has 2 heterocycles. The first-order chi connectivity index (χ1) is 9.16. The van der Waals surface area contributed by atoms with Gasteiger partial charge in [-0.3, -0.25) is 4.99 Å². The Balaban J connectivity index is 1.98. The molecule has 0 bridgehead atoms. The summed E-state index contributed by atoms with van der Waals surface area (Å²) in [4.78, 5) is 7.72. The third-order valence-corrected chi connectivity index (χ3v) is 6.37. The van der Waals surface area contributed by atoms with Gasteiger partial charge in [-0.2, -0.15) is 0 Å². The quantitative estimate of drug-likeness (QED) is 0.822. The fourth-order valence-electron chi connectivity index (χ4n) is 2.14. The Labute approximate surface area is 132 Å². The number of thiophene rings is 1. The molecule has 1 aliphatic rings. The molecule has 98 valence electrons. The van der Waals surface area contributed by atoms with E-state index in [1.165, 1.54) is 4.88 Å². The molecule has 1 aromatic heterocycles. The van der Waals surface area contributed by atoms with Crippen LogP contribution in [0.2, 0.25) is 0 Å². The zero-order chi connectivity index (χ0) is 13.4. The Morgan fingerprint density at radius 2 is 2.00 bits per heavy atom. The van der Waals surface area contributed by atoms with Crippen molar-refractivity contribution in [3.63, 3.8) is 0 Å². The molecule has 1 unspecified atom stereocenters. The number of halogens is 2. The first-order valence-corrected chi connectivity index (χ1v) is 8.16. The number of rotatable bonds is 2. The molecule has 1 aromatic carbocycles. The van der Waals surface area contributed by atoms with Crippen molar-refractivity contribution in [3.8, 4) is 0 Å². The van der Waals surface area contributed by atoms with Crippen molar-refractivity contribution in [2.45, 2.75) is 6.04 Å². The van der Waals surface area contributed by atoms with Crippen molar-refractivity contribution >= 4 is 54.8 Å². The molecule has 0 saturated heterocycles. The lowest BCUT2D eigenvalue weighted by Gasteiger charge is -2.25. The van der Waals surface area contributed by atoms with E-state index in [4.69, 9.17) is 5.73 Å². The number of anilines is 1. The average molecular weight is 401 g/mol. The highest BCUT2D eigenvalue weighted by Gasteiger charge is 2.30. The van der Waals surface area contributed by atoms with Crippen LogP contribution in [0.15, 0.2) is 49.6 Å². The predicted octanol–water partition coefficient (Wildman–Crippen LogP) is 4.15. The summed E-state index contributed by atoms with van der Waals surface area (Å²) >= 11 is 8.78. The Morgan fingerprint density at radius 1 is 1.26 bits per heavy atom. The minimum Gasteiger partial charge on any atom is -0.369 e. The normalized spacial score (nSPS) is 18.7. The zero-order valence-corrected chi connectivity index (χ0v) is 13.9. The molecule has 3 nitrogen and oxygen atoms in total. The number of nitrogens with zero attached hydrogens (tertiary/aromatic N) is 2. The van der Waals surface area contributed by atoms with E-state index in [2.05, 4.69) is 60.0 Å². The van der Waals surface area contributed by atoms with E-state index < -0.39 is 0 Å². The van der Waals surface area contributed by atoms with E-state index in [9.17, 15) is 0 Å². The monoisotopic (exact) mass is 399 g/mol. The van der Waals surface area contributed by atoms with E-state index in [0.29, 0.717) is 12.5 Å². The van der Waals surface area contributed by atoms with Crippen LogP contribution in [0.1, 0.15) is 10.9 Å². The standard InChI is InChI=1S/C13H11Br2N3S/c14-9-6-11(19-12(9)15)10-7-17-13(16)18(10)8-4-2-1-3-5-8/h1-6,10H,7H2,(H2,16,17). The third kappa shape index (κ3) is 2.44. The molecule has 0 amide bonds. The minimum absolute atomic E-state index is 0.176. The molecule has 1 atom stereocenters. The largest absolute Gasteiger partial charge is 0.369 e. The molecular weight excluding hydrogens is 390 g/mol. The third-order valence-electron chi connectivity index (χ3n) is 3.01. The number of hydrogen-bond acceptors (Lipinski definition) is 4. The van der Waals surface area contributed by atoms with Crippen LogP contribution in [-0.4, -0.2) is 12.5 Å². The van der Waals surface area contributed by atoms with Gasteiger partial charge in [-0.05, 0) is 50.1 Å². The fourth-order valence-corrected chi connectivity index (χ4v) is 4.32. The Kier molecular flexibility index (Phi) is 3.64. The summed E-state index contributed by atoms with van der Waals surface area (Å²) in [5, 5.41) is 0. The van der Waals surface area contributed by atoms with E-state index in [1.54, 1.807) is 11.3 Å². The van der Waals surface area contributed by atoms with Gasteiger partial charge in [0.25, 0.3) is 0 Å². The molecule has 0 spiro atoms. The first-order valence-electron chi connectivity index (χ1n) is 5.76. The number of benzene rings is 1. The summed E-state index contributed by atoms with van der Waals surface area (Å²) in [6.07, 6.45) is 0. The second-order valence-corrected chi connectivity index (χ2v) is 7.45. The van der Waals surface area contributed by atoms with Gasteiger partial charge in [0, 0.05) is 15.0 Å². The van der Waals surface area contributed by atoms with Crippen LogP contribution in [0.25, 0.3) is 0 Å². The van der Waals surface area contributed by atoms with Crippen molar-refractivity contribution < 1.29 is 0 Å². The molecule has 3 rings (SSSR count). The highest BCUT2D eigenvalue weighted by Crippen LogP contribution is 2.40. The smallest absolute Gasteiger partial charge is 0.196 e. The Bertz CT molecular complexity index is 605. The van der Waals surface area contributed by atoms with E-state index >= 15 is 0 Å². The van der Waals surface area contributed by atoms with Gasteiger partial charge in [0.15, 0.2) is 5.96 Å². The molecule has 2 aromatic rings. The van der Waals surface area contributed by atoms with Crippen LogP contribution in [-0.2, 0) is 0 Å². The van der Waals surface area contributed by atoms with Crippen molar-refractivity contribution in [1.29, 1.82) is 0 Å². The zero-order valence-electron chi connectivity index (χ0n) is 9.88. The predicted molar refractivity (Wildman–Crippen MR) is 87.9 cm³/mol. The van der Waals surface area contributed by atoms with E-state index in [0.717, 1.165) is 13.9 Å². The molecule has 0 aliphatic carbocycles. The van der Waals surface area contributed by atoms with Gasteiger partial charge in [-0.1, -0.05) is 18.2 Å². The molecular formula is C13H11Br2N3S. The number of guanidine groups is 1. The van der Waals surface area contributed by atoms with Crippen LogP contribution in [0.5, 0.6) is 0 Å². The minimum atomic E-state index is 0.176. The van der Waals surface area contributed by atoms with E-state index in [-0.39, 0.29) is 6.04 Å². The maximum Gasteiger partial charge on any atom is 0.196 e. The molecule has 0 fully saturated rings.